The van der Waals surface area contributed by atoms with E-state index in [9.17, 15) is 4.79 Å². The Morgan fingerprint density at radius 2 is 2.36 bits per heavy atom. The molecule has 1 amide bonds. The fourth-order valence-corrected chi connectivity index (χ4v) is 1.94. The molecule has 3 aromatic heterocycles. The molecule has 8 heteroatoms. The number of aromatic nitrogens is 3. The van der Waals surface area contributed by atoms with Crippen LogP contribution in [0.5, 0.6) is 0 Å². The summed E-state index contributed by atoms with van der Waals surface area (Å²) < 4.78 is 15.2. The topological polar surface area (TPSA) is 103 Å². The number of amides is 1. The first-order valence-electron chi connectivity index (χ1n) is 6.63. The van der Waals surface area contributed by atoms with E-state index < -0.39 is 6.04 Å². The van der Waals surface area contributed by atoms with Gasteiger partial charge in [0.05, 0.1) is 11.8 Å². The fraction of sp³-hybridized carbons (Fsp3) is 0.286. The zero-order valence-electron chi connectivity index (χ0n) is 12.1. The summed E-state index contributed by atoms with van der Waals surface area (Å²) in [7, 11) is 1.54. The molecule has 8 nitrogen and oxygen atoms in total. The van der Waals surface area contributed by atoms with E-state index in [1.54, 1.807) is 26.2 Å². The van der Waals surface area contributed by atoms with Crippen LogP contribution in [-0.2, 0) is 11.3 Å². The Morgan fingerprint density at radius 3 is 3.18 bits per heavy atom. The van der Waals surface area contributed by atoms with E-state index in [1.807, 2.05) is 0 Å². The molecule has 1 atom stereocenters. The molecule has 0 aromatic carbocycles. The Kier molecular flexibility index (Phi) is 3.84. The van der Waals surface area contributed by atoms with Crippen LogP contribution in [0.1, 0.15) is 35.0 Å². The van der Waals surface area contributed by atoms with E-state index in [4.69, 9.17) is 13.7 Å². The van der Waals surface area contributed by atoms with Gasteiger partial charge in [0.2, 0.25) is 5.89 Å². The highest BCUT2D eigenvalue weighted by Gasteiger charge is 2.18. The van der Waals surface area contributed by atoms with Crippen LogP contribution < -0.4 is 5.32 Å². The van der Waals surface area contributed by atoms with Gasteiger partial charge in [-0.25, -0.2) is 0 Å². The molecule has 0 saturated heterocycles. The summed E-state index contributed by atoms with van der Waals surface area (Å²) in [5, 5.41) is 6.52. The zero-order chi connectivity index (χ0) is 15.5. The van der Waals surface area contributed by atoms with Crippen LogP contribution in [0.3, 0.4) is 0 Å². The number of fused-ring (bicyclic) bond motifs is 1. The fourth-order valence-electron chi connectivity index (χ4n) is 1.94. The number of pyridine rings is 1. The summed E-state index contributed by atoms with van der Waals surface area (Å²) in [5.41, 5.74) is 1.65. The maximum absolute atomic E-state index is 12.2. The summed E-state index contributed by atoms with van der Waals surface area (Å²) in [4.78, 5) is 20.5. The normalized spacial score (nSPS) is 12.5. The van der Waals surface area contributed by atoms with Crippen LogP contribution in [0.15, 0.2) is 33.5 Å². The number of rotatable bonds is 5. The second-order valence-corrected chi connectivity index (χ2v) is 4.70. The number of carbonyl (C=O) groups is 1. The zero-order valence-corrected chi connectivity index (χ0v) is 12.1. The molecule has 0 saturated carbocycles. The number of furan rings is 1. The molecule has 0 aliphatic rings. The largest absolute Gasteiger partial charge is 0.463 e. The highest BCUT2D eigenvalue weighted by molar-refractivity contribution is 5.96. The number of carbonyl (C=O) groups excluding carboxylic acids is 1. The minimum atomic E-state index is -0.432. The molecular formula is C14H14N4O4. The molecular weight excluding hydrogens is 288 g/mol. The maximum Gasteiger partial charge on any atom is 0.253 e. The Balaban J connectivity index is 1.71. The molecule has 114 valence electrons. The van der Waals surface area contributed by atoms with Crippen molar-refractivity contribution in [2.45, 2.75) is 19.6 Å². The van der Waals surface area contributed by atoms with Crippen LogP contribution in [0.2, 0.25) is 0 Å². The van der Waals surface area contributed by atoms with Crippen molar-refractivity contribution in [3.63, 3.8) is 0 Å². The summed E-state index contributed by atoms with van der Waals surface area (Å²) in [6.07, 6.45) is 3.02. The van der Waals surface area contributed by atoms with Gasteiger partial charge in [-0.15, -0.1) is 0 Å². The predicted octanol–water partition coefficient (Wildman–Crippen LogP) is 1.85. The van der Waals surface area contributed by atoms with E-state index in [-0.39, 0.29) is 12.5 Å². The molecule has 0 fully saturated rings. The molecule has 0 bridgehead atoms. The SMILES string of the molecule is COCc1noc(C(C)NC(=O)c2cnc3ccoc3c2)n1. The molecule has 0 aliphatic carbocycles. The second kappa shape index (κ2) is 5.94. The van der Waals surface area contributed by atoms with Crippen LogP contribution >= 0.6 is 0 Å². The van der Waals surface area contributed by atoms with E-state index in [0.717, 1.165) is 0 Å². The van der Waals surface area contributed by atoms with Gasteiger partial charge in [-0.05, 0) is 13.0 Å². The molecule has 0 radical (unpaired) electrons. The van der Waals surface area contributed by atoms with Crippen LogP contribution in [0, 0.1) is 0 Å². The third-order valence-corrected chi connectivity index (χ3v) is 3.04. The number of ether oxygens (including phenoxy) is 1. The van der Waals surface area contributed by atoms with E-state index in [2.05, 4.69) is 20.4 Å². The minimum absolute atomic E-state index is 0.253. The lowest BCUT2D eigenvalue weighted by atomic mass is 10.2. The summed E-state index contributed by atoms with van der Waals surface area (Å²) in [6, 6.07) is 2.93. The lowest BCUT2D eigenvalue weighted by Gasteiger charge is -2.09. The second-order valence-electron chi connectivity index (χ2n) is 4.70. The van der Waals surface area contributed by atoms with Crippen molar-refractivity contribution >= 4 is 17.0 Å². The molecule has 1 unspecified atom stereocenters. The van der Waals surface area contributed by atoms with Crippen molar-refractivity contribution in [1.82, 2.24) is 20.4 Å². The standard InChI is InChI=1S/C14H14N4O4/c1-8(14-17-12(7-20-2)18-22-14)16-13(19)9-5-11-10(15-6-9)3-4-21-11/h3-6,8H,7H2,1-2H3,(H,16,19). The molecule has 3 rings (SSSR count). The first kappa shape index (κ1) is 14.2. The quantitative estimate of drug-likeness (QED) is 0.767. The third kappa shape index (κ3) is 2.82. The van der Waals surface area contributed by atoms with Crippen LogP contribution in [-0.4, -0.2) is 28.1 Å². The smallest absolute Gasteiger partial charge is 0.253 e. The van der Waals surface area contributed by atoms with Crippen molar-refractivity contribution in [2.24, 2.45) is 0 Å². The van der Waals surface area contributed by atoms with Crippen molar-refractivity contribution in [3.05, 3.63) is 41.9 Å². The van der Waals surface area contributed by atoms with Gasteiger partial charge in [-0.2, -0.15) is 4.98 Å². The first-order valence-corrected chi connectivity index (χ1v) is 6.63. The van der Waals surface area contributed by atoms with E-state index in [0.29, 0.717) is 28.4 Å². The summed E-state index contributed by atoms with van der Waals surface area (Å²) >= 11 is 0. The van der Waals surface area contributed by atoms with Gasteiger partial charge in [-0.1, -0.05) is 5.16 Å². The van der Waals surface area contributed by atoms with Crippen molar-refractivity contribution in [1.29, 1.82) is 0 Å². The van der Waals surface area contributed by atoms with Gasteiger partial charge in [0.15, 0.2) is 11.4 Å². The van der Waals surface area contributed by atoms with Crippen molar-refractivity contribution < 1.29 is 18.5 Å². The highest BCUT2D eigenvalue weighted by atomic mass is 16.5. The first-order chi connectivity index (χ1) is 10.7. The predicted molar refractivity (Wildman–Crippen MR) is 74.9 cm³/mol. The van der Waals surface area contributed by atoms with Gasteiger partial charge < -0.3 is 19.0 Å². The van der Waals surface area contributed by atoms with E-state index in [1.165, 1.54) is 12.5 Å². The minimum Gasteiger partial charge on any atom is -0.463 e. The lowest BCUT2D eigenvalue weighted by molar-refractivity contribution is 0.0932. The third-order valence-electron chi connectivity index (χ3n) is 3.04. The van der Waals surface area contributed by atoms with Crippen LogP contribution in [0.4, 0.5) is 0 Å². The maximum atomic E-state index is 12.2. The monoisotopic (exact) mass is 302 g/mol. The number of hydrogen-bond acceptors (Lipinski definition) is 7. The molecule has 0 spiro atoms. The highest BCUT2D eigenvalue weighted by Crippen LogP contribution is 2.15. The number of methoxy groups -OCH3 is 1. The van der Waals surface area contributed by atoms with Gasteiger partial charge in [0.25, 0.3) is 5.91 Å². The Bertz CT molecular complexity index is 795. The molecule has 0 aliphatic heterocycles. The van der Waals surface area contributed by atoms with Crippen molar-refractivity contribution in [2.75, 3.05) is 7.11 Å². The number of hydrogen-bond donors (Lipinski definition) is 1. The van der Waals surface area contributed by atoms with Gasteiger partial charge in [-0.3, -0.25) is 9.78 Å². The summed E-state index contributed by atoms with van der Waals surface area (Å²) in [6.45, 7) is 2.00. The molecule has 3 heterocycles. The van der Waals surface area contributed by atoms with Crippen molar-refractivity contribution in [3.8, 4) is 0 Å². The van der Waals surface area contributed by atoms with Crippen LogP contribution in [0.25, 0.3) is 11.1 Å². The van der Waals surface area contributed by atoms with Gasteiger partial charge >= 0.3 is 0 Å². The van der Waals surface area contributed by atoms with Gasteiger partial charge in [0, 0.05) is 19.4 Å². The Hall–Kier alpha value is -2.74. The van der Waals surface area contributed by atoms with E-state index >= 15 is 0 Å². The average molecular weight is 302 g/mol. The molecule has 1 N–H and O–H groups in total. The lowest BCUT2D eigenvalue weighted by Crippen LogP contribution is -2.27. The molecule has 3 aromatic rings. The average Bonchev–Trinajstić information content (AvgIpc) is 3.15. The Morgan fingerprint density at radius 1 is 1.50 bits per heavy atom. The molecule has 22 heavy (non-hydrogen) atoms. The Labute approximate surface area is 125 Å². The number of nitrogens with one attached hydrogen (secondary N) is 1. The number of nitrogens with zero attached hydrogens (tertiary/aromatic N) is 3. The van der Waals surface area contributed by atoms with Gasteiger partial charge in [0.1, 0.15) is 18.2 Å². The summed E-state index contributed by atoms with van der Waals surface area (Å²) in [5.74, 6) is 0.439.